The second kappa shape index (κ2) is 8.99. The molecule has 3 aromatic rings. The van der Waals surface area contributed by atoms with Gasteiger partial charge in [0, 0.05) is 23.7 Å². The first kappa shape index (κ1) is 20.0. The fraction of sp³-hybridized carbons (Fsp3) is 0.211. The number of methoxy groups -OCH3 is 2. The van der Waals surface area contributed by atoms with Crippen LogP contribution in [0.5, 0.6) is 11.5 Å². The number of rotatable bonds is 7. The SMILES string of the molecule is COc1ccc(NC(=O)CSc2nnc(-c3ccc(Cl)cc3)n2C)c(OC)c1. The molecule has 0 radical (unpaired) electrons. The molecule has 2 aromatic carbocycles. The Labute approximate surface area is 172 Å². The number of halogens is 1. The second-order valence-electron chi connectivity index (χ2n) is 5.78. The molecule has 0 spiro atoms. The standard InChI is InChI=1S/C19H19ClN4O3S/c1-24-18(12-4-6-13(20)7-5-12)22-23-19(24)28-11-17(25)21-15-9-8-14(26-2)10-16(15)27-3/h4-10H,11H2,1-3H3,(H,21,25). The van der Waals surface area contributed by atoms with Crippen molar-refractivity contribution in [2.45, 2.75) is 5.16 Å². The highest BCUT2D eigenvalue weighted by atomic mass is 35.5. The molecule has 0 aliphatic carbocycles. The van der Waals surface area contributed by atoms with Crippen molar-refractivity contribution >= 4 is 35.0 Å². The van der Waals surface area contributed by atoms with Crippen LogP contribution in [0.1, 0.15) is 0 Å². The lowest BCUT2D eigenvalue weighted by Crippen LogP contribution is -2.15. The summed E-state index contributed by atoms with van der Waals surface area (Å²) in [6.45, 7) is 0. The van der Waals surface area contributed by atoms with Gasteiger partial charge in [-0.3, -0.25) is 4.79 Å². The lowest BCUT2D eigenvalue weighted by atomic mass is 10.2. The summed E-state index contributed by atoms with van der Waals surface area (Å²) in [7, 11) is 4.97. The van der Waals surface area contributed by atoms with Gasteiger partial charge in [-0.05, 0) is 36.4 Å². The van der Waals surface area contributed by atoms with Gasteiger partial charge in [0.15, 0.2) is 11.0 Å². The summed E-state index contributed by atoms with van der Waals surface area (Å²) < 4.78 is 12.3. The lowest BCUT2D eigenvalue weighted by Gasteiger charge is -2.11. The molecule has 3 rings (SSSR count). The lowest BCUT2D eigenvalue weighted by molar-refractivity contribution is -0.113. The van der Waals surface area contributed by atoms with E-state index in [1.165, 1.54) is 18.9 Å². The summed E-state index contributed by atoms with van der Waals surface area (Å²) in [5.74, 6) is 1.89. The summed E-state index contributed by atoms with van der Waals surface area (Å²) in [5.41, 5.74) is 1.48. The number of carbonyl (C=O) groups is 1. The van der Waals surface area contributed by atoms with Crippen molar-refractivity contribution in [3.8, 4) is 22.9 Å². The zero-order valence-corrected chi connectivity index (χ0v) is 17.2. The summed E-state index contributed by atoms with van der Waals surface area (Å²) in [5, 5.41) is 12.5. The molecule has 0 saturated heterocycles. The largest absolute Gasteiger partial charge is 0.497 e. The number of benzene rings is 2. The molecule has 7 nitrogen and oxygen atoms in total. The molecule has 0 unspecified atom stereocenters. The van der Waals surface area contributed by atoms with Crippen molar-refractivity contribution in [3.63, 3.8) is 0 Å². The minimum Gasteiger partial charge on any atom is -0.497 e. The third-order valence-electron chi connectivity index (χ3n) is 3.95. The maximum atomic E-state index is 12.3. The molecule has 146 valence electrons. The first-order valence-electron chi connectivity index (χ1n) is 8.32. The third-order valence-corrected chi connectivity index (χ3v) is 5.22. The van der Waals surface area contributed by atoms with Gasteiger partial charge in [-0.2, -0.15) is 0 Å². The average Bonchev–Trinajstić information content (AvgIpc) is 3.07. The Hall–Kier alpha value is -2.71. The number of amides is 1. The topological polar surface area (TPSA) is 78.3 Å². The van der Waals surface area contributed by atoms with Gasteiger partial charge in [-0.1, -0.05) is 23.4 Å². The molecule has 9 heteroatoms. The Balaban J connectivity index is 1.65. The molecule has 1 N–H and O–H groups in total. The van der Waals surface area contributed by atoms with E-state index < -0.39 is 0 Å². The zero-order chi connectivity index (χ0) is 20.1. The third kappa shape index (κ3) is 4.58. The number of hydrogen-bond acceptors (Lipinski definition) is 6. The summed E-state index contributed by atoms with van der Waals surface area (Å²) >= 11 is 7.23. The van der Waals surface area contributed by atoms with Crippen molar-refractivity contribution in [2.24, 2.45) is 7.05 Å². The number of nitrogens with one attached hydrogen (secondary N) is 1. The van der Waals surface area contributed by atoms with Gasteiger partial charge < -0.3 is 19.4 Å². The fourth-order valence-electron chi connectivity index (χ4n) is 2.51. The molecule has 0 aliphatic heterocycles. The van der Waals surface area contributed by atoms with Crippen LogP contribution in [0.2, 0.25) is 5.02 Å². The number of carbonyl (C=O) groups excluding carboxylic acids is 1. The quantitative estimate of drug-likeness (QED) is 0.586. The van der Waals surface area contributed by atoms with Crippen LogP contribution in [-0.2, 0) is 11.8 Å². The highest BCUT2D eigenvalue weighted by Crippen LogP contribution is 2.29. The van der Waals surface area contributed by atoms with E-state index in [-0.39, 0.29) is 11.7 Å². The van der Waals surface area contributed by atoms with Crippen molar-refractivity contribution in [3.05, 3.63) is 47.5 Å². The Morgan fingerprint density at radius 1 is 1.14 bits per heavy atom. The van der Waals surface area contributed by atoms with Gasteiger partial charge in [-0.25, -0.2) is 0 Å². The number of ether oxygens (including phenoxy) is 2. The fourth-order valence-corrected chi connectivity index (χ4v) is 3.35. The minimum atomic E-state index is -0.176. The van der Waals surface area contributed by atoms with Crippen LogP contribution in [-0.4, -0.2) is 40.6 Å². The molecule has 0 bridgehead atoms. The maximum Gasteiger partial charge on any atom is 0.234 e. The van der Waals surface area contributed by atoms with Gasteiger partial charge in [0.05, 0.1) is 25.7 Å². The van der Waals surface area contributed by atoms with Gasteiger partial charge in [0.25, 0.3) is 0 Å². The molecule has 0 aliphatic rings. The predicted molar refractivity (Wildman–Crippen MR) is 110 cm³/mol. The van der Waals surface area contributed by atoms with E-state index in [1.807, 2.05) is 23.7 Å². The van der Waals surface area contributed by atoms with Crippen molar-refractivity contribution in [1.82, 2.24) is 14.8 Å². The molecule has 1 heterocycles. The monoisotopic (exact) mass is 418 g/mol. The summed E-state index contributed by atoms with van der Waals surface area (Å²) in [6.07, 6.45) is 0. The van der Waals surface area contributed by atoms with Gasteiger partial charge in [0.1, 0.15) is 11.5 Å². The van der Waals surface area contributed by atoms with Crippen LogP contribution in [0.4, 0.5) is 5.69 Å². The van der Waals surface area contributed by atoms with E-state index in [2.05, 4.69) is 15.5 Å². The van der Waals surface area contributed by atoms with Crippen molar-refractivity contribution in [1.29, 1.82) is 0 Å². The van der Waals surface area contributed by atoms with Crippen molar-refractivity contribution in [2.75, 3.05) is 25.3 Å². The highest BCUT2D eigenvalue weighted by Gasteiger charge is 2.14. The van der Waals surface area contributed by atoms with E-state index in [0.717, 1.165) is 5.56 Å². The van der Waals surface area contributed by atoms with Crippen LogP contribution < -0.4 is 14.8 Å². The Morgan fingerprint density at radius 2 is 1.89 bits per heavy atom. The first-order valence-corrected chi connectivity index (χ1v) is 9.68. The Bertz CT molecular complexity index is 976. The second-order valence-corrected chi connectivity index (χ2v) is 7.15. The van der Waals surface area contributed by atoms with Crippen LogP contribution in [0.15, 0.2) is 47.6 Å². The van der Waals surface area contributed by atoms with Crippen LogP contribution >= 0.6 is 23.4 Å². The molecular weight excluding hydrogens is 400 g/mol. The Morgan fingerprint density at radius 3 is 2.57 bits per heavy atom. The van der Waals surface area contributed by atoms with E-state index >= 15 is 0 Å². The number of hydrogen-bond donors (Lipinski definition) is 1. The van der Waals surface area contributed by atoms with E-state index in [9.17, 15) is 4.79 Å². The molecule has 0 fully saturated rings. The normalized spacial score (nSPS) is 10.6. The number of thioether (sulfide) groups is 1. The van der Waals surface area contributed by atoms with E-state index in [0.29, 0.717) is 33.2 Å². The van der Waals surface area contributed by atoms with Crippen LogP contribution in [0.25, 0.3) is 11.4 Å². The molecule has 1 aromatic heterocycles. The summed E-state index contributed by atoms with van der Waals surface area (Å²) in [4.78, 5) is 12.3. The molecule has 28 heavy (non-hydrogen) atoms. The van der Waals surface area contributed by atoms with Crippen LogP contribution in [0, 0.1) is 0 Å². The summed E-state index contributed by atoms with van der Waals surface area (Å²) in [6, 6.07) is 12.6. The maximum absolute atomic E-state index is 12.3. The zero-order valence-electron chi connectivity index (χ0n) is 15.6. The predicted octanol–water partition coefficient (Wildman–Crippen LogP) is 3.88. The number of anilines is 1. The molecule has 1 amide bonds. The van der Waals surface area contributed by atoms with Gasteiger partial charge in [0.2, 0.25) is 5.91 Å². The Kier molecular flexibility index (Phi) is 6.43. The minimum absolute atomic E-state index is 0.176. The molecule has 0 atom stereocenters. The van der Waals surface area contributed by atoms with Gasteiger partial charge >= 0.3 is 0 Å². The van der Waals surface area contributed by atoms with Gasteiger partial charge in [-0.15, -0.1) is 10.2 Å². The highest BCUT2D eigenvalue weighted by molar-refractivity contribution is 7.99. The number of aromatic nitrogens is 3. The van der Waals surface area contributed by atoms with Crippen LogP contribution in [0.3, 0.4) is 0 Å². The van der Waals surface area contributed by atoms with E-state index in [4.69, 9.17) is 21.1 Å². The number of nitrogens with zero attached hydrogens (tertiary/aromatic N) is 3. The smallest absolute Gasteiger partial charge is 0.234 e. The first-order chi connectivity index (χ1) is 13.5. The van der Waals surface area contributed by atoms with Crippen molar-refractivity contribution < 1.29 is 14.3 Å². The molecule has 0 saturated carbocycles. The van der Waals surface area contributed by atoms with E-state index in [1.54, 1.807) is 37.4 Å². The average molecular weight is 419 g/mol. The molecular formula is C19H19ClN4O3S.